The molecular formula is C4H7N3O2S. The van der Waals surface area contributed by atoms with E-state index in [1.165, 1.54) is 24.0 Å². The van der Waals surface area contributed by atoms with E-state index in [9.17, 15) is 8.42 Å². The van der Waals surface area contributed by atoms with Gasteiger partial charge in [-0.2, -0.15) is 5.10 Å². The first-order valence-electron chi connectivity index (χ1n) is 2.52. The molecule has 0 aromatic carbocycles. The number of aryl methyl sites for hydroxylation is 1. The summed E-state index contributed by atoms with van der Waals surface area (Å²) in [5.74, 6) is 0. The molecule has 0 fully saturated rings. The molecule has 0 atom stereocenters. The van der Waals surface area contributed by atoms with Crippen LogP contribution in [0.4, 0.5) is 0 Å². The highest BCUT2D eigenvalue weighted by molar-refractivity contribution is 7.89. The van der Waals surface area contributed by atoms with Gasteiger partial charge in [-0.3, -0.25) is 4.68 Å². The van der Waals surface area contributed by atoms with Gasteiger partial charge in [-0.05, 0) is 6.07 Å². The molecule has 1 aromatic rings. The van der Waals surface area contributed by atoms with Crippen molar-refractivity contribution in [2.45, 2.75) is 5.03 Å². The Balaban J connectivity index is 3.32. The van der Waals surface area contributed by atoms with E-state index in [-0.39, 0.29) is 5.03 Å². The molecule has 0 saturated heterocycles. The topological polar surface area (TPSA) is 78.0 Å². The lowest BCUT2D eigenvalue weighted by Crippen LogP contribution is -2.16. The quantitative estimate of drug-likeness (QED) is 0.577. The first-order chi connectivity index (χ1) is 4.52. The van der Waals surface area contributed by atoms with Gasteiger partial charge in [0.2, 0.25) is 0 Å². The summed E-state index contributed by atoms with van der Waals surface area (Å²) in [6, 6.07) is 1.34. The van der Waals surface area contributed by atoms with Crippen LogP contribution in [0.5, 0.6) is 0 Å². The molecule has 0 spiro atoms. The Morgan fingerprint density at radius 3 is 2.50 bits per heavy atom. The number of nitrogens with two attached hydrogens (primary N) is 1. The summed E-state index contributed by atoms with van der Waals surface area (Å²) in [5, 5.41) is 8.47. The molecule has 56 valence electrons. The third-order valence-electron chi connectivity index (χ3n) is 1.07. The van der Waals surface area contributed by atoms with E-state index >= 15 is 0 Å². The number of nitrogens with zero attached hydrogens (tertiary/aromatic N) is 2. The van der Waals surface area contributed by atoms with Gasteiger partial charge >= 0.3 is 0 Å². The molecule has 0 bridgehead atoms. The predicted molar refractivity (Wildman–Crippen MR) is 34.6 cm³/mol. The molecule has 0 aliphatic carbocycles. The maximum Gasteiger partial charge on any atom is 0.255 e. The van der Waals surface area contributed by atoms with Crippen molar-refractivity contribution >= 4 is 10.0 Å². The zero-order chi connectivity index (χ0) is 7.78. The van der Waals surface area contributed by atoms with Crippen LogP contribution in [0.3, 0.4) is 0 Å². The first-order valence-corrected chi connectivity index (χ1v) is 4.07. The van der Waals surface area contributed by atoms with Crippen molar-refractivity contribution in [2.24, 2.45) is 12.2 Å². The average Bonchev–Trinajstić information content (AvgIpc) is 2.11. The molecule has 0 radical (unpaired) electrons. The summed E-state index contributed by atoms with van der Waals surface area (Å²) in [4.78, 5) is 0. The Labute approximate surface area is 58.5 Å². The van der Waals surface area contributed by atoms with E-state index in [1.54, 1.807) is 0 Å². The molecule has 0 saturated carbocycles. The Kier molecular flexibility index (Phi) is 1.49. The Morgan fingerprint density at radius 2 is 2.30 bits per heavy atom. The molecule has 10 heavy (non-hydrogen) atoms. The van der Waals surface area contributed by atoms with Crippen LogP contribution in [0, 0.1) is 0 Å². The summed E-state index contributed by atoms with van der Waals surface area (Å²) >= 11 is 0. The largest absolute Gasteiger partial charge is 0.256 e. The van der Waals surface area contributed by atoms with E-state index in [0.29, 0.717) is 0 Å². The molecule has 6 heteroatoms. The average molecular weight is 161 g/mol. The van der Waals surface area contributed by atoms with Crippen molar-refractivity contribution < 1.29 is 8.42 Å². The maximum absolute atomic E-state index is 10.6. The van der Waals surface area contributed by atoms with Crippen LogP contribution >= 0.6 is 0 Å². The summed E-state index contributed by atoms with van der Waals surface area (Å²) in [5.41, 5.74) is 0. The number of hydrogen-bond acceptors (Lipinski definition) is 3. The summed E-state index contributed by atoms with van der Waals surface area (Å²) < 4.78 is 22.5. The highest BCUT2D eigenvalue weighted by Gasteiger charge is 2.10. The zero-order valence-electron chi connectivity index (χ0n) is 5.35. The maximum atomic E-state index is 10.6. The molecule has 1 heterocycles. The van der Waals surface area contributed by atoms with Crippen LogP contribution < -0.4 is 5.14 Å². The van der Waals surface area contributed by atoms with Crippen LogP contribution in [0.25, 0.3) is 0 Å². The molecule has 0 unspecified atom stereocenters. The Morgan fingerprint density at radius 1 is 1.70 bits per heavy atom. The number of primary sulfonamides is 1. The van der Waals surface area contributed by atoms with E-state index in [2.05, 4.69) is 5.10 Å². The normalized spacial score (nSPS) is 11.8. The fourth-order valence-electron chi connectivity index (χ4n) is 0.641. The van der Waals surface area contributed by atoms with Crippen molar-refractivity contribution in [3.8, 4) is 0 Å². The Bertz CT molecular complexity index is 326. The number of sulfonamides is 1. The standard InChI is InChI=1S/C4H7N3O2S/c1-7-4(2-3-6-7)10(5,8)9/h2-3H,1H3,(H2,5,8,9). The van der Waals surface area contributed by atoms with Gasteiger partial charge in [0, 0.05) is 7.05 Å². The smallest absolute Gasteiger partial charge is 0.255 e. The van der Waals surface area contributed by atoms with E-state index in [0.717, 1.165) is 0 Å². The van der Waals surface area contributed by atoms with Crippen LogP contribution in [-0.4, -0.2) is 18.2 Å². The van der Waals surface area contributed by atoms with Crippen molar-refractivity contribution in [3.63, 3.8) is 0 Å². The fraction of sp³-hybridized carbons (Fsp3) is 0.250. The molecule has 2 N–H and O–H groups in total. The van der Waals surface area contributed by atoms with E-state index in [4.69, 9.17) is 5.14 Å². The van der Waals surface area contributed by atoms with Gasteiger partial charge in [0.05, 0.1) is 6.20 Å². The minimum Gasteiger partial charge on any atom is -0.256 e. The zero-order valence-corrected chi connectivity index (χ0v) is 6.17. The highest BCUT2D eigenvalue weighted by Crippen LogP contribution is 2.01. The van der Waals surface area contributed by atoms with Crippen molar-refractivity contribution in [2.75, 3.05) is 0 Å². The van der Waals surface area contributed by atoms with Gasteiger partial charge < -0.3 is 0 Å². The molecule has 5 nitrogen and oxygen atoms in total. The van der Waals surface area contributed by atoms with Gasteiger partial charge in [0.1, 0.15) is 0 Å². The third-order valence-corrected chi connectivity index (χ3v) is 2.05. The van der Waals surface area contributed by atoms with Gasteiger partial charge in [0.15, 0.2) is 5.03 Å². The predicted octanol–water partition coefficient (Wildman–Crippen LogP) is -0.932. The lowest BCUT2D eigenvalue weighted by Gasteiger charge is -1.95. The van der Waals surface area contributed by atoms with E-state index < -0.39 is 10.0 Å². The van der Waals surface area contributed by atoms with Crippen LogP contribution in [0.1, 0.15) is 0 Å². The summed E-state index contributed by atoms with van der Waals surface area (Å²) in [6.45, 7) is 0. The number of rotatable bonds is 1. The molecular weight excluding hydrogens is 154 g/mol. The van der Waals surface area contributed by atoms with Crippen molar-refractivity contribution in [1.29, 1.82) is 0 Å². The minimum absolute atomic E-state index is 0.0208. The summed E-state index contributed by atoms with van der Waals surface area (Å²) in [7, 11) is -2.08. The van der Waals surface area contributed by atoms with Crippen LogP contribution in [0.2, 0.25) is 0 Å². The SMILES string of the molecule is Cn1nccc1S(N)(=O)=O. The van der Waals surface area contributed by atoms with Gasteiger partial charge in [-0.25, -0.2) is 13.6 Å². The second-order valence-electron chi connectivity index (χ2n) is 1.84. The lowest BCUT2D eigenvalue weighted by molar-refractivity contribution is 0.578. The fourth-order valence-corrected chi connectivity index (χ4v) is 1.31. The second kappa shape index (κ2) is 2.06. The van der Waals surface area contributed by atoms with Crippen LogP contribution in [0.15, 0.2) is 17.3 Å². The number of aromatic nitrogens is 2. The third kappa shape index (κ3) is 1.17. The molecule has 1 rings (SSSR count). The monoisotopic (exact) mass is 161 g/mol. The molecule has 0 aliphatic heterocycles. The van der Waals surface area contributed by atoms with Gasteiger partial charge in [-0.1, -0.05) is 0 Å². The summed E-state index contributed by atoms with van der Waals surface area (Å²) in [6.07, 6.45) is 1.37. The minimum atomic E-state index is -3.59. The Hall–Kier alpha value is -0.880. The molecule has 0 amide bonds. The van der Waals surface area contributed by atoms with Gasteiger partial charge in [-0.15, -0.1) is 0 Å². The van der Waals surface area contributed by atoms with Crippen molar-refractivity contribution in [1.82, 2.24) is 9.78 Å². The highest BCUT2D eigenvalue weighted by atomic mass is 32.2. The van der Waals surface area contributed by atoms with Crippen LogP contribution in [-0.2, 0) is 17.1 Å². The van der Waals surface area contributed by atoms with E-state index in [1.807, 2.05) is 0 Å². The van der Waals surface area contributed by atoms with Gasteiger partial charge in [0.25, 0.3) is 10.0 Å². The second-order valence-corrected chi connectivity index (χ2v) is 3.35. The number of hydrogen-bond donors (Lipinski definition) is 1. The first kappa shape index (κ1) is 7.23. The van der Waals surface area contributed by atoms with Crippen molar-refractivity contribution in [3.05, 3.63) is 12.3 Å². The molecule has 1 aromatic heterocycles. The molecule has 0 aliphatic rings. The lowest BCUT2D eigenvalue weighted by atomic mass is 10.7.